The Morgan fingerprint density at radius 1 is 0.531 bits per heavy atom. The summed E-state index contributed by atoms with van der Waals surface area (Å²) in [5.41, 5.74) is 14.1. The molecule has 4 heteroatoms. The Morgan fingerprint density at radius 2 is 1.16 bits per heavy atom. The van der Waals surface area contributed by atoms with Crippen molar-refractivity contribution in [3.05, 3.63) is 156 Å². The Balaban J connectivity index is 1.17. The smallest absolute Gasteiger partial charge is 0.260 e. The molecule has 0 atom stereocenters. The quantitative estimate of drug-likeness (QED) is 0.181. The van der Waals surface area contributed by atoms with Crippen LogP contribution in [-0.2, 0) is 5.41 Å². The molecule has 0 saturated heterocycles. The highest BCUT2D eigenvalue weighted by Gasteiger charge is 2.47. The zero-order chi connectivity index (χ0) is 33.0. The summed E-state index contributed by atoms with van der Waals surface area (Å²) < 4.78 is 13.8. The molecule has 0 bridgehead atoms. The van der Waals surface area contributed by atoms with Gasteiger partial charge in [-0.25, -0.2) is 0 Å². The van der Waals surface area contributed by atoms with Crippen molar-refractivity contribution in [3.63, 3.8) is 0 Å². The zero-order valence-electron chi connectivity index (χ0n) is 28.0. The standard InChI is InChI=1S/C45H34BNO2/c1-27-15-21-38-36(23-27)46-37-24-28(2)16-22-39(37)49-44-42-35(26-40(48-38)43(44)46)34-19-17-29-25-32(18-20-33(29)41(34)45(42,3)4)47(30-11-7-5-8-12-30)31-13-9-6-10-14-31/h5-26H,1-4H3. The maximum absolute atomic E-state index is 7.01. The molecule has 0 radical (unpaired) electrons. The van der Waals surface area contributed by atoms with E-state index in [4.69, 9.17) is 9.47 Å². The number of aryl methyl sites for hydroxylation is 2. The number of fused-ring (bicyclic) bond motifs is 10. The number of ether oxygens (including phenoxy) is 2. The summed E-state index contributed by atoms with van der Waals surface area (Å²) in [6, 6.07) is 48.1. The number of para-hydroxylation sites is 2. The largest absolute Gasteiger partial charge is 0.458 e. The third kappa shape index (κ3) is 4.04. The van der Waals surface area contributed by atoms with Gasteiger partial charge >= 0.3 is 0 Å². The van der Waals surface area contributed by atoms with Gasteiger partial charge in [-0.05, 0) is 107 Å². The summed E-state index contributed by atoms with van der Waals surface area (Å²) in [7, 11) is 0. The number of anilines is 3. The second kappa shape index (κ2) is 10.1. The highest BCUT2D eigenvalue weighted by Crippen LogP contribution is 2.57. The maximum Gasteiger partial charge on any atom is 0.260 e. The Morgan fingerprint density at radius 3 is 1.82 bits per heavy atom. The van der Waals surface area contributed by atoms with Crippen molar-refractivity contribution in [2.75, 3.05) is 4.90 Å². The van der Waals surface area contributed by atoms with Crippen molar-refractivity contribution >= 4 is 50.9 Å². The number of rotatable bonds is 3. The minimum Gasteiger partial charge on any atom is -0.458 e. The molecular weight excluding hydrogens is 597 g/mol. The van der Waals surface area contributed by atoms with Gasteiger partial charge in [-0.1, -0.05) is 104 Å². The Hall–Kier alpha value is -5.74. The SMILES string of the molecule is Cc1ccc2c(c1)B1c3cc(C)ccc3Oc3c1c(cc1c3C(C)(C)c3c-1ccc1cc(N(c4ccccc4)c4ccccc4)ccc31)O2. The van der Waals surface area contributed by atoms with Crippen molar-refractivity contribution in [3.8, 4) is 34.1 Å². The van der Waals surface area contributed by atoms with Crippen LogP contribution in [0.3, 0.4) is 0 Å². The summed E-state index contributed by atoms with van der Waals surface area (Å²) in [4.78, 5) is 2.33. The van der Waals surface area contributed by atoms with E-state index in [0.717, 1.165) is 45.5 Å². The summed E-state index contributed by atoms with van der Waals surface area (Å²) in [6.07, 6.45) is 0. The number of hydrogen-bond acceptors (Lipinski definition) is 3. The maximum atomic E-state index is 7.01. The first kappa shape index (κ1) is 28.3. The van der Waals surface area contributed by atoms with E-state index in [1.165, 1.54) is 55.1 Å². The Labute approximate surface area is 287 Å². The van der Waals surface area contributed by atoms with Crippen molar-refractivity contribution < 1.29 is 9.47 Å². The predicted molar refractivity (Wildman–Crippen MR) is 203 cm³/mol. The average Bonchev–Trinajstić information content (AvgIpc) is 3.35. The van der Waals surface area contributed by atoms with E-state index in [2.05, 4.69) is 166 Å². The summed E-state index contributed by atoms with van der Waals surface area (Å²) in [5.74, 6) is 3.70. The van der Waals surface area contributed by atoms with Crippen molar-refractivity contribution in [2.45, 2.75) is 33.1 Å². The molecule has 0 unspecified atom stereocenters. The normalized spacial score (nSPS) is 14.2. The van der Waals surface area contributed by atoms with Crippen LogP contribution in [0.1, 0.15) is 36.1 Å². The topological polar surface area (TPSA) is 21.7 Å². The lowest BCUT2D eigenvalue weighted by molar-refractivity contribution is 0.453. The fourth-order valence-corrected chi connectivity index (χ4v) is 8.71. The molecule has 3 nitrogen and oxygen atoms in total. The van der Waals surface area contributed by atoms with Crippen molar-refractivity contribution in [2.24, 2.45) is 0 Å². The van der Waals surface area contributed by atoms with E-state index < -0.39 is 0 Å². The Bertz CT molecular complexity index is 2450. The lowest BCUT2D eigenvalue weighted by Crippen LogP contribution is -2.58. The fraction of sp³-hybridized carbons (Fsp3) is 0.111. The van der Waals surface area contributed by atoms with Crippen LogP contribution in [0.2, 0.25) is 0 Å². The predicted octanol–water partition coefficient (Wildman–Crippen LogP) is 9.96. The number of benzene rings is 7. The third-order valence-corrected chi connectivity index (χ3v) is 10.8. The van der Waals surface area contributed by atoms with E-state index in [1.54, 1.807) is 0 Å². The molecule has 10 rings (SSSR count). The lowest BCUT2D eigenvalue weighted by Gasteiger charge is -2.36. The molecule has 0 saturated carbocycles. The highest BCUT2D eigenvalue weighted by molar-refractivity contribution is 6.98. The molecule has 0 fully saturated rings. The van der Waals surface area contributed by atoms with Gasteiger partial charge in [0.05, 0.1) is 0 Å². The third-order valence-electron chi connectivity index (χ3n) is 10.8. The molecule has 7 aromatic carbocycles. The highest BCUT2D eigenvalue weighted by atomic mass is 16.5. The summed E-state index contributed by atoms with van der Waals surface area (Å²) >= 11 is 0. The van der Waals surface area contributed by atoms with Crippen LogP contribution in [-0.4, -0.2) is 6.71 Å². The van der Waals surface area contributed by atoms with Crippen LogP contribution in [0, 0.1) is 13.8 Å². The van der Waals surface area contributed by atoms with Gasteiger partial charge in [0.25, 0.3) is 6.71 Å². The van der Waals surface area contributed by atoms with Gasteiger partial charge < -0.3 is 14.4 Å². The van der Waals surface area contributed by atoms with Gasteiger partial charge in [0, 0.05) is 33.5 Å². The van der Waals surface area contributed by atoms with Crippen LogP contribution in [0.15, 0.2) is 133 Å². The Kier molecular flexibility index (Phi) is 5.85. The summed E-state index contributed by atoms with van der Waals surface area (Å²) in [6.45, 7) is 9.08. The van der Waals surface area contributed by atoms with Crippen molar-refractivity contribution in [1.29, 1.82) is 0 Å². The van der Waals surface area contributed by atoms with Gasteiger partial charge in [0.1, 0.15) is 23.0 Å². The van der Waals surface area contributed by atoms with Crippen LogP contribution in [0.4, 0.5) is 17.1 Å². The van der Waals surface area contributed by atoms with E-state index in [-0.39, 0.29) is 12.1 Å². The van der Waals surface area contributed by atoms with E-state index in [0.29, 0.717) is 0 Å². The first-order chi connectivity index (χ1) is 23.9. The van der Waals surface area contributed by atoms with Gasteiger partial charge in [0.2, 0.25) is 0 Å². The average molecular weight is 632 g/mol. The van der Waals surface area contributed by atoms with Gasteiger partial charge in [-0.2, -0.15) is 0 Å². The summed E-state index contributed by atoms with van der Waals surface area (Å²) in [5, 5.41) is 2.48. The first-order valence-electron chi connectivity index (χ1n) is 17.1. The van der Waals surface area contributed by atoms with Crippen LogP contribution < -0.4 is 30.8 Å². The molecule has 7 aromatic rings. The fourth-order valence-electron chi connectivity index (χ4n) is 8.71. The molecule has 3 aliphatic rings. The molecular formula is C45H34BNO2. The molecule has 2 aliphatic heterocycles. The van der Waals surface area contributed by atoms with Gasteiger partial charge in [0.15, 0.2) is 0 Å². The number of hydrogen-bond donors (Lipinski definition) is 0. The van der Waals surface area contributed by atoms with Crippen LogP contribution in [0.25, 0.3) is 21.9 Å². The zero-order valence-corrected chi connectivity index (χ0v) is 28.0. The van der Waals surface area contributed by atoms with Crippen molar-refractivity contribution in [1.82, 2.24) is 0 Å². The molecule has 0 spiro atoms. The van der Waals surface area contributed by atoms with Crippen LogP contribution >= 0.6 is 0 Å². The van der Waals surface area contributed by atoms with Crippen LogP contribution in [0.5, 0.6) is 23.0 Å². The molecule has 0 N–H and O–H groups in total. The van der Waals surface area contributed by atoms with E-state index in [9.17, 15) is 0 Å². The molecule has 0 aromatic heterocycles. The second-order valence-electron chi connectivity index (χ2n) is 14.3. The van der Waals surface area contributed by atoms with E-state index in [1.807, 2.05) is 0 Å². The molecule has 234 valence electrons. The monoisotopic (exact) mass is 631 g/mol. The van der Waals surface area contributed by atoms with Gasteiger partial charge in [-0.3, -0.25) is 0 Å². The van der Waals surface area contributed by atoms with E-state index >= 15 is 0 Å². The molecule has 0 amide bonds. The van der Waals surface area contributed by atoms with Gasteiger partial charge in [-0.15, -0.1) is 0 Å². The molecule has 49 heavy (non-hydrogen) atoms. The minimum absolute atomic E-state index is 0.0448. The lowest BCUT2D eigenvalue weighted by atomic mass is 9.34. The first-order valence-corrected chi connectivity index (χ1v) is 17.1. The minimum atomic E-state index is -0.311. The number of nitrogens with zero attached hydrogens (tertiary/aromatic N) is 1. The second-order valence-corrected chi connectivity index (χ2v) is 14.3. The molecule has 1 aliphatic carbocycles. The molecule has 2 heterocycles.